The number of likely N-dealkylation sites (N-methyl/N-ethyl adjacent to an activating group) is 1. The van der Waals surface area contributed by atoms with Crippen LogP contribution in [0.1, 0.15) is 30.9 Å². The van der Waals surface area contributed by atoms with E-state index < -0.39 is 17.4 Å². The third-order valence-corrected chi connectivity index (χ3v) is 5.58. The van der Waals surface area contributed by atoms with E-state index in [0.717, 1.165) is 5.56 Å². The SMILES string of the molecule is CCNCC(=O)NC1(C(=O)NCC(N)=O)CCN(C(=O)CNCc2ccc(C)c(F)c2)CC1. The van der Waals surface area contributed by atoms with Crippen molar-refractivity contribution in [3.05, 3.63) is 35.1 Å². The van der Waals surface area contributed by atoms with Crippen LogP contribution in [0, 0.1) is 12.7 Å². The fraction of sp³-hybridized carbons (Fsp3) is 0.545. The van der Waals surface area contributed by atoms with Crippen molar-refractivity contribution in [2.75, 3.05) is 39.3 Å². The molecule has 0 saturated carbocycles. The number of nitrogens with one attached hydrogen (secondary N) is 4. The van der Waals surface area contributed by atoms with Gasteiger partial charge < -0.3 is 31.9 Å². The van der Waals surface area contributed by atoms with E-state index >= 15 is 0 Å². The maximum absolute atomic E-state index is 13.7. The summed E-state index contributed by atoms with van der Waals surface area (Å²) in [5.41, 5.74) is 5.18. The third-order valence-electron chi connectivity index (χ3n) is 5.58. The number of nitrogens with zero attached hydrogens (tertiary/aromatic N) is 1. The minimum Gasteiger partial charge on any atom is -0.368 e. The molecule has 11 heteroatoms. The topological polar surface area (TPSA) is 146 Å². The van der Waals surface area contributed by atoms with Gasteiger partial charge in [-0.25, -0.2) is 4.39 Å². The zero-order valence-electron chi connectivity index (χ0n) is 19.1. The summed E-state index contributed by atoms with van der Waals surface area (Å²) in [6, 6.07) is 4.92. The van der Waals surface area contributed by atoms with Crippen molar-refractivity contribution in [1.82, 2.24) is 26.2 Å². The molecule has 0 aliphatic carbocycles. The van der Waals surface area contributed by atoms with Crippen molar-refractivity contribution in [3.63, 3.8) is 0 Å². The highest BCUT2D eigenvalue weighted by atomic mass is 19.1. The van der Waals surface area contributed by atoms with Crippen LogP contribution < -0.4 is 27.0 Å². The quantitative estimate of drug-likeness (QED) is 0.281. The van der Waals surface area contributed by atoms with Gasteiger partial charge in [-0.15, -0.1) is 0 Å². The Kier molecular flexibility index (Phi) is 9.74. The Morgan fingerprint density at radius 2 is 1.79 bits per heavy atom. The number of benzene rings is 1. The predicted molar refractivity (Wildman–Crippen MR) is 120 cm³/mol. The van der Waals surface area contributed by atoms with E-state index in [9.17, 15) is 23.6 Å². The second-order valence-corrected chi connectivity index (χ2v) is 8.13. The number of piperidine rings is 1. The molecule has 0 bridgehead atoms. The Morgan fingerprint density at radius 3 is 2.39 bits per heavy atom. The molecule has 6 N–H and O–H groups in total. The molecule has 1 saturated heterocycles. The minimum absolute atomic E-state index is 0.0491. The molecule has 33 heavy (non-hydrogen) atoms. The molecule has 0 unspecified atom stereocenters. The number of primary amides is 1. The van der Waals surface area contributed by atoms with E-state index in [1.54, 1.807) is 24.0 Å². The Morgan fingerprint density at radius 1 is 1.09 bits per heavy atom. The summed E-state index contributed by atoms with van der Waals surface area (Å²) < 4.78 is 13.7. The van der Waals surface area contributed by atoms with Crippen LogP contribution in [0.25, 0.3) is 0 Å². The first kappa shape index (κ1) is 26.2. The zero-order valence-corrected chi connectivity index (χ0v) is 19.1. The molecule has 0 aromatic heterocycles. The first-order valence-electron chi connectivity index (χ1n) is 11.0. The smallest absolute Gasteiger partial charge is 0.246 e. The number of nitrogens with two attached hydrogens (primary N) is 1. The van der Waals surface area contributed by atoms with Gasteiger partial charge in [0, 0.05) is 19.6 Å². The van der Waals surface area contributed by atoms with Gasteiger partial charge in [0.05, 0.1) is 19.6 Å². The standard InChI is InChI=1S/C22H33FN6O4/c1-3-25-13-19(31)28-22(21(33)27-12-18(24)30)6-8-29(9-7-22)20(32)14-26-11-16-5-4-15(2)17(23)10-16/h4-5,10,25-26H,3,6-9,11-14H2,1-2H3,(H2,24,30)(H,27,33)(H,28,31). The van der Waals surface area contributed by atoms with E-state index in [-0.39, 0.29) is 63.2 Å². The van der Waals surface area contributed by atoms with Gasteiger partial charge in [-0.1, -0.05) is 19.1 Å². The number of aryl methyl sites for hydroxylation is 1. The molecule has 10 nitrogen and oxygen atoms in total. The van der Waals surface area contributed by atoms with E-state index in [4.69, 9.17) is 5.73 Å². The molecule has 1 aliphatic rings. The number of hydrogen-bond acceptors (Lipinski definition) is 6. The number of rotatable bonds is 11. The fourth-order valence-electron chi connectivity index (χ4n) is 3.60. The maximum atomic E-state index is 13.7. The Bertz CT molecular complexity index is 870. The van der Waals surface area contributed by atoms with E-state index in [0.29, 0.717) is 18.7 Å². The monoisotopic (exact) mass is 464 g/mol. The highest BCUT2D eigenvalue weighted by Gasteiger charge is 2.43. The Balaban J connectivity index is 1.92. The lowest BCUT2D eigenvalue weighted by Crippen LogP contribution is -2.65. The van der Waals surface area contributed by atoms with Crippen molar-refractivity contribution in [2.45, 2.75) is 38.8 Å². The second-order valence-electron chi connectivity index (χ2n) is 8.13. The highest BCUT2D eigenvalue weighted by Crippen LogP contribution is 2.23. The number of likely N-dealkylation sites (tertiary alicyclic amines) is 1. The first-order chi connectivity index (χ1) is 15.7. The molecule has 1 aromatic carbocycles. The number of halogens is 1. The summed E-state index contributed by atoms with van der Waals surface area (Å²) in [4.78, 5) is 50.4. The maximum Gasteiger partial charge on any atom is 0.246 e. The Labute approximate surface area is 192 Å². The summed E-state index contributed by atoms with van der Waals surface area (Å²) in [5.74, 6) is -1.99. The summed E-state index contributed by atoms with van der Waals surface area (Å²) in [7, 11) is 0. The Hall–Kier alpha value is -3.05. The van der Waals surface area contributed by atoms with Gasteiger partial charge in [0.1, 0.15) is 11.4 Å². The van der Waals surface area contributed by atoms with Crippen LogP contribution in [-0.4, -0.2) is 73.3 Å². The molecular weight excluding hydrogens is 431 g/mol. The summed E-state index contributed by atoms with van der Waals surface area (Å²) >= 11 is 0. The van der Waals surface area contributed by atoms with Crippen LogP contribution in [0.4, 0.5) is 4.39 Å². The molecular formula is C22H33FN6O4. The second kappa shape index (κ2) is 12.3. The normalized spacial score (nSPS) is 15.1. The van der Waals surface area contributed by atoms with Crippen molar-refractivity contribution in [2.24, 2.45) is 5.73 Å². The minimum atomic E-state index is -1.23. The van der Waals surface area contributed by atoms with Crippen LogP contribution in [0.15, 0.2) is 18.2 Å². The van der Waals surface area contributed by atoms with Gasteiger partial charge in [-0.05, 0) is 43.5 Å². The molecule has 0 atom stereocenters. The molecule has 0 spiro atoms. The van der Waals surface area contributed by atoms with Crippen LogP contribution in [0.2, 0.25) is 0 Å². The number of carbonyl (C=O) groups is 4. The van der Waals surface area contributed by atoms with Crippen LogP contribution in [0.3, 0.4) is 0 Å². The lowest BCUT2D eigenvalue weighted by Gasteiger charge is -2.41. The lowest BCUT2D eigenvalue weighted by molar-refractivity contribution is -0.139. The average Bonchev–Trinajstić information content (AvgIpc) is 2.78. The van der Waals surface area contributed by atoms with Gasteiger partial charge in [0.25, 0.3) is 0 Å². The summed E-state index contributed by atoms with van der Waals surface area (Å²) in [6.07, 6.45) is 0.398. The lowest BCUT2D eigenvalue weighted by atomic mass is 9.86. The molecule has 4 amide bonds. The van der Waals surface area contributed by atoms with Gasteiger partial charge in [-0.2, -0.15) is 0 Å². The van der Waals surface area contributed by atoms with E-state index in [2.05, 4.69) is 21.3 Å². The van der Waals surface area contributed by atoms with Gasteiger partial charge in [0.2, 0.25) is 23.6 Å². The number of amides is 4. The van der Waals surface area contributed by atoms with Crippen LogP contribution in [0.5, 0.6) is 0 Å². The molecule has 1 heterocycles. The third kappa shape index (κ3) is 7.79. The van der Waals surface area contributed by atoms with E-state index in [1.807, 2.05) is 6.92 Å². The van der Waals surface area contributed by atoms with Crippen molar-refractivity contribution in [1.29, 1.82) is 0 Å². The van der Waals surface area contributed by atoms with Gasteiger partial charge in [0.15, 0.2) is 0 Å². The van der Waals surface area contributed by atoms with Gasteiger partial charge >= 0.3 is 0 Å². The largest absolute Gasteiger partial charge is 0.368 e. The average molecular weight is 465 g/mol. The fourth-order valence-corrected chi connectivity index (χ4v) is 3.60. The molecule has 1 aliphatic heterocycles. The van der Waals surface area contributed by atoms with Crippen LogP contribution in [-0.2, 0) is 25.7 Å². The van der Waals surface area contributed by atoms with Crippen molar-refractivity contribution >= 4 is 23.6 Å². The molecule has 182 valence electrons. The van der Waals surface area contributed by atoms with Crippen molar-refractivity contribution < 1.29 is 23.6 Å². The summed E-state index contributed by atoms with van der Waals surface area (Å²) in [6.45, 7) is 4.76. The highest BCUT2D eigenvalue weighted by molar-refractivity contribution is 5.94. The molecule has 1 fully saturated rings. The zero-order chi connectivity index (χ0) is 24.4. The number of hydrogen-bond donors (Lipinski definition) is 5. The summed E-state index contributed by atoms with van der Waals surface area (Å²) in [5, 5.41) is 11.1. The van der Waals surface area contributed by atoms with Gasteiger partial charge in [-0.3, -0.25) is 19.2 Å². The first-order valence-corrected chi connectivity index (χ1v) is 11.0. The predicted octanol–water partition coefficient (Wildman–Crippen LogP) is -1.09. The van der Waals surface area contributed by atoms with Crippen LogP contribution >= 0.6 is 0 Å². The number of carbonyl (C=O) groups excluding carboxylic acids is 4. The molecule has 0 radical (unpaired) electrons. The molecule has 1 aromatic rings. The molecule has 2 rings (SSSR count). The van der Waals surface area contributed by atoms with Crippen molar-refractivity contribution in [3.8, 4) is 0 Å². The van der Waals surface area contributed by atoms with E-state index in [1.165, 1.54) is 6.07 Å².